The summed E-state index contributed by atoms with van der Waals surface area (Å²) in [5, 5.41) is 6.36. The molecule has 9 heteroatoms. The lowest BCUT2D eigenvalue weighted by atomic mass is 10.1. The average molecular weight is 440 g/mol. The molecule has 0 atom stereocenters. The Balaban J connectivity index is 1.86. The van der Waals surface area contributed by atoms with Gasteiger partial charge in [-0.05, 0) is 30.2 Å². The van der Waals surface area contributed by atoms with Gasteiger partial charge in [0.05, 0.1) is 16.3 Å². The lowest BCUT2D eigenvalue weighted by molar-refractivity contribution is -0.137. The monoisotopic (exact) mass is 439 g/mol. The van der Waals surface area contributed by atoms with Crippen LogP contribution in [0.15, 0.2) is 53.6 Å². The van der Waals surface area contributed by atoms with Crippen molar-refractivity contribution in [3.05, 3.63) is 64.7 Å². The van der Waals surface area contributed by atoms with E-state index in [9.17, 15) is 22.8 Å². The maximum absolute atomic E-state index is 12.8. The Kier molecular flexibility index (Phi) is 8.41. The van der Waals surface area contributed by atoms with Crippen LogP contribution in [0.4, 0.5) is 18.9 Å². The summed E-state index contributed by atoms with van der Waals surface area (Å²) in [6.45, 7) is 1.92. The summed E-state index contributed by atoms with van der Waals surface area (Å²) in [6.07, 6.45) is -3.73. The molecule has 30 heavy (non-hydrogen) atoms. The van der Waals surface area contributed by atoms with Crippen LogP contribution in [-0.2, 0) is 22.2 Å². The van der Waals surface area contributed by atoms with Crippen LogP contribution in [0.1, 0.15) is 37.3 Å². The molecule has 0 spiro atoms. The van der Waals surface area contributed by atoms with E-state index in [-0.39, 0.29) is 23.6 Å². The van der Waals surface area contributed by atoms with Gasteiger partial charge in [0.15, 0.2) is 0 Å². The molecule has 0 fully saturated rings. The van der Waals surface area contributed by atoms with Crippen LogP contribution in [0.5, 0.6) is 0 Å². The highest BCUT2D eigenvalue weighted by molar-refractivity contribution is 6.33. The number of alkyl halides is 3. The normalized spacial score (nSPS) is 11.8. The molecule has 2 aromatic carbocycles. The predicted octanol–water partition coefficient (Wildman–Crippen LogP) is 5.20. The van der Waals surface area contributed by atoms with Gasteiger partial charge in [-0.2, -0.15) is 18.3 Å². The second kappa shape index (κ2) is 10.8. The Morgan fingerprint density at radius 3 is 2.33 bits per heavy atom. The van der Waals surface area contributed by atoms with Crippen molar-refractivity contribution < 1.29 is 22.8 Å². The third kappa shape index (κ3) is 7.51. The third-order valence-corrected chi connectivity index (χ3v) is 4.47. The van der Waals surface area contributed by atoms with Crippen LogP contribution in [0, 0.1) is 0 Å². The number of nitrogens with zero attached hydrogens (tertiary/aromatic N) is 1. The van der Waals surface area contributed by atoms with Gasteiger partial charge in [-0.1, -0.05) is 48.9 Å². The van der Waals surface area contributed by atoms with E-state index in [2.05, 4.69) is 15.8 Å². The van der Waals surface area contributed by atoms with Gasteiger partial charge in [-0.15, -0.1) is 0 Å². The number of carbonyl (C=O) groups is 2. The average Bonchev–Trinajstić information content (AvgIpc) is 2.71. The second-order valence-corrected chi connectivity index (χ2v) is 6.88. The number of hydrazone groups is 1. The lowest BCUT2D eigenvalue weighted by Crippen LogP contribution is -2.22. The van der Waals surface area contributed by atoms with Gasteiger partial charge in [-0.25, -0.2) is 5.43 Å². The number of carbonyl (C=O) groups excluding carboxylic acids is 2. The summed E-state index contributed by atoms with van der Waals surface area (Å²) >= 11 is 5.84. The van der Waals surface area contributed by atoms with Crippen molar-refractivity contribution in [3.63, 3.8) is 0 Å². The Bertz CT molecular complexity index is 915. The zero-order chi connectivity index (χ0) is 22.1. The summed E-state index contributed by atoms with van der Waals surface area (Å²) < 4.78 is 38.4. The fourth-order valence-electron chi connectivity index (χ4n) is 2.51. The molecule has 0 heterocycles. The van der Waals surface area contributed by atoms with Gasteiger partial charge in [0.25, 0.3) is 0 Å². The first-order chi connectivity index (χ1) is 14.2. The molecule has 0 aliphatic heterocycles. The smallest absolute Gasteiger partial charge is 0.325 e. The quantitative estimate of drug-likeness (QED) is 0.438. The van der Waals surface area contributed by atoms with Crippen molar-refractivity contribution in [2.75, 3.05) is 5.32 Å². The Morgan fingerprint density at radius 2 is 1.70 bits per heavy atom. The molecule has 2 aromatic rings. The number of anilines is 1. The third-order valence-electron chi connectivity index (χ3n) is 4.14. The van der Waals surface area contributed by atoms with E-state index in [0.29, 0.717) is 12.8 Å². The molecule has 0 unspecified atom stereocenters. The number of halogens is 4. The highest BCUT2D eigenvalue weighted by Crippen LogP contribution is 2.33. The minimum absolute atomic E-state index is 0.0288. The van der Waals surface area contributed by atoms with Gasteiger partial charge in [-0.3, -0.25) is 9.59 Å². The molecule has 0 radical (unpaired) electrons. The van der Waals surface area contributed by atoms with Crippen LogP contribution in [0.2, 0.25) is 5.02 Å². The van der Waals surface area contributed by atoms with Gasteiger partial charge >= 0.3 is 6.18 Å². The summed E-state index contributed by atoms with van der Waals surface area (Å²) in [6, 6.07) is 12.3. The van der Waals surface area contributed by atoms with Crippen molar-refractivity contribution in [1.29, 1.82) is 0 Å². The predicted molar refractivity (Wildman–Crippen MR) is 110 cm³/mol. The number of amides is 2. The number of rotatable bonds is 8. The number of hydrogen-bond acceptors (Lipinski definition) is 3. The van der Waals surface area contributed by atoms with Crippen molar-refractivity contribution in [1.82, 2.24) is 5.43 Å². The summed E-state index contributed by atoms with van der Waals surface area (Å²) in [7, 11) is 0. The van der Waals surface area contributed by atoms with Crippen LogP contribution < -0.4 is 10.7 Å². The standard InChI is InChI=1S/C21H21ClF3N3O2/c1-2-16(12-14-6-4-3-5-7-14)27-28-20(30)11-10-19(29)26-18-13-15(21(23,24)25)8-9-17(18)22/h3-9,13H,2,10-12H2,1H3,(H,26,29)(H,28,30). The molecule has 2 amide bonds. The van der Waals surface area contributed by atoms with Gasteiger partial charge in [0.1, 0.15) is 0 Å². The van der Waals surface area contributed by atoms with Crippen LogP contribution in [-0.4, -0.2) is 17.5 Å². The van der Waals surface area contributed by atoms with E-state index in [4.69, 9.17) is 11.6 Å². The minimum Gasteiger partial charge on any atom is -0.325 e. The van der Waals surface area contributed by atoms with E-state index in [1.54, 1.807) is 0 Å². The van der Waals surface area contributed by atoms with Crippen LogP contribution >= 0.6 is 11.6 Å². The molecule has 2 N–H and O–H groups in total. The molecular weight excluding hydrogens is 419 g/mol. The SMILES string of the molecule is CCC(Cc1ccccc1)=NNC(=O)CCC(=O)Nc1cc(C(F)(F)F)ccc1Cl. The topological polar surface area (TPSA) is 70.6 Å². The Hall–Kier alpha value is -2.87. The largest absolute Gasteiger partial charge is 0.416 e. The zero-order valence-electron chi connectivity index (χ0n) is 16.2. The van der Waals surface area contributed by atoms with Crippen molar-refractivity contribution >= 4 is 34.8 Å². The van der Waals surface area contributed by atoms with E-state index < -0.39 is 23.6 Å². The fraction of sp³-hybridized carbons (Fsp3) is 0.286. The molecule has 160 valence electrons. The molecule has 0 aliphatic rings. The summed E-state index contributed by atoms with van der Waals surface area (Å²) in [4.78, 5) is 24.0. The number of benzene rings is 2. The van der Waals surface area contributed by atoms with E-state index in [1.807, 2.05) is 37.3 Å². The molecule has 5 nitrogen and oxygen atoms in total. The first-order valence-corrected chi connectivity index (χ1v) is 9.61. The number of nitrogens with one attached hydrogen (secondary N) is 2. The summed E-state index contributed by atoms with van der Waals surface area (Å²) in [5.41, 5.74) is 3.15. The molecule has 0 bridgehead atoms. The van der Waals surface area contributed by atoms with Crippen molar-refractivity contribution in [3.8, 4) is 0 Å². The molecular formula is C21H21ClF3N3O2. The van der Waals surface area contributed by atoms with Gasteiger partial charge in [0, 0.05) is 25.0 Å². The Labute approximate surface area is 177 Å². The number of hydrogen-bond donors (Lipinski definition) is 2. The molecule has 0 saturated carbocycles. The van der Waals surface area contributed by atoms with Crippen LogP contribution in [0.3, 0.4) is 0 Å². The molecule has 0 saturated heterocycles. The Morgan fingerprint density at radius 1 is 1.03 bits per heavy atom. The van der Waals surface area contributed by atoms with Crippen LogP contribution in [0.25, 0.3) is 0 Å². The minimum atomic E-state index is -4.56. The van der Waals surface area contributed by atoms with Crippen molar-refractivity contribution in [2.45, 2.75) is 38.8 Å². The highest BCUT2D eigenvalue weighted by Gasteiger charge is 2.31. The first kappa shape index (κ1) is 23.4. The summed E-state index contributed by atoms with van der Waals surface area (Å²) in [5.74, 6) is -1.10. The molecule has 0 aromatic heterocycles. The maximum atomic E-state index is 12.8. The van der Waals surface area contributed by atoms with E-state index >= 15 is 0 Å². The molecule has 2 rings (SSSR count). The van der Waals surface area contributed by atoms with Gasteiger partial charge < -0.3 is 5.32 Å². The second-order valence-electron chi connectivity index (χ2n) is 6.47. The molecule has 0 aliphatic carbocycles. The van der Waals surface area contributed by atoms with Gasteiger partial charge in [0.2, 0.25) is 11.8 Å². The van der Waals surface area contributed by atoms with E-state index in [0.717, 1.165) is 29.5 Å². The first-order valence-electron chi connectivity index (χ1n) is 9.23. The maximum Gasteiger partial charge on any atom is 0.416 e. The van der Waals surface area contributed by atoms with Crippen molar-refractivity contribution in [2.24, 2.45) is 5.10 Å². The van der Waals surface area contributed by atoms with E-state index in [1.165, 1.54) is 0 Å². The highest BCUT2D eigenvalue weighted by atomic mass is 35.5. The lowest BCUT2D eigenvalue weighted by Gasteiger charge is -2.11. The fourth-order valence-corrected chi connectivity index (χ4v) is 2.67. The zero-order valence-corrected chi connectivity index (χ0v) is 17.0.